The Hall–Kier alpha value is -0.870. The Balaban J connectivity index is 1.90. The van der Waals surface area contributed by atoms with Crippen LogP contribution in [0.4, 0.5) is 0 Å². The molecule has 0 radical (unpaired) electrons. The molecule has 0 saturated heterocycles. The van der Waals surface area contributed by atoms with Crippen LogP contribution in [0, 0.1) is 0 Å². The van der Waals surface area contributed by atoms with E-state index in [1.807, 2.05) is 13.1 Å². The summed E-state index contributed by atoms with van der Waals surface area (Å²) < 4.78 is 10.4. The summed E-state index contributed by atoms with van der Waals surface area (Å²) >= 11 is 0. The minimum atomic E-state index is 0.661. The number of hydrogen-bond acceptors (Lipinski definition) is 3. The highest BCUT2D eigenvalue weighted by atomic mass is 16.5. The molecule has 0 unspecified atom stereocenters. The monoisotopic (exact) mass is 184 g/mol. The highest BCUT2D eigenvalue weighted by Crippen LogP contribution is 1.90. The van der Waals surface area contributed by atoms with Crippen molar-refractivity contribution in [2.75, 3.05) is 26.4 Å². The van der Waals surface area contributed by atoms with Crippen molar-refractivity contribution in [3.63, 3.8) is 0 Å². The van der Waals surface area contributed by atoms with Gasteiger partial charge in [0.15, 0.2) is 0 Å². The molecule has 4 nitrogen and oxygen atoms in total. The van der Waals surface area contributed by atoms with Crippen molar-refractivity contribution >= 4 is 0 Å². The van der Waals surface area contributed by atoms with E-state index < -0.39 is 0 Å². The molecule has 0 amide bonds. The van der Waals surface area contributed by atoms with Crippen LogP contribution in [0.5, 0.6) is 0 Å². The molecule has 13 heavy (non-hydrogen) atoms. The molecule has 1 rings (SSSR count). The van der Waals surface area contributed by atoms with Crippen LogP contribution in [0.3, 0.4) is 0 Å². The lowest BCUT2D eigenvalue weighted by molar-refractivity contribution is 0.0537. The molecule has 0 spiro atoms. The zero-order valence-corrected chi connectivity index (χ0v) is 7.95. The van der Waals surface area contributed by atoms with Gasteiger partial charge in [0.1, 0.15) is 5.82 Å². The SMILES string of the molecule is CCOCCOCCc1ncc[nH]1. The van der Waals surface area contributed by atoms with E-state index in [4.69, 9.17) is 9.47 Å². The van der Waals surface area contributed by atoms with Gasteiger partial charge in [-0.1, -0.05) is 0 Å². The van der Waals surface area contributed by atoms with Gasteiger partial charge in [0.2, 0.25) is 0 Å². The van der Waals surface area contributed by atoms with E-state index >= 15 is 0 Å². The summed E-state index contributed by atoms with van der Waals surface area (Å²) in [5.74, 6) is 0.969. The lowest BCUT2D eigenvalue weighted by Gasteiger charge is -2.02. The number of nitrogens with zero attached hydrogens (tertiary/aromatic N) is 1. The largest absolute Gasteiger partial charge is 0.379 e. The van der Waals surface area contributed by atoms with E-state index in [0.717, 1.165) is 18.9 Å². The molecule has 1 heterocycles. The molecule has 1 aromatic heterocycles. The van der Waals surface area contributed by atoms with E-state index in [9.17, 15) is 0 Å². The number of rotatable bonds is 7. The van der Waals surface area contributed by atoms with Crippen LogP contribution in [0.25, 0.3) is 0 Å². The minimum absolute atomic E-state index is 0.661. The number of aromatic nitrogens is 2. The third kappa shape index (κ3) is 4.65. The fraction of sp³-hybridized carbons (Fsp3) is 0.667. The fourth-order valence-corrected chi connectivity index (χ4v) is 0.968. The third-order valence-corrected chi connectivity index (χ3v) is 1.61. The van der Waals surface area contributed by atoms with Crippen molar-refractivity contribution in [2.45, 2.75) is 13.3 Å². The van der Waals surface area contributed by atoms with E-state index in [-0.39, 0.29) is 0 Å². The first kappa shape index (κ1) is 10.2. The van der Waals surface area contributed by atoms with Gasteiger partial charge >= 0.3 is 0 Å². The highest BCUT2D eigenvalue weighted by molar-refractivity contribution is 4.86. The summed E-state index contributed by atoms with van der Waals surface area (Å²) in [4.78, 5) is 7.10. The second-order valence-electron chi connectivity index (χ2n) is 2.60. The average molecular weight is 184 g/mol. The van der Waals surface area contributed by atoms with Gasteiger partial charge < -0.3 is 14.5 Å². The number of ether oxygens (including phenoxy) is 2. The van der Waals surface area contributed by atoms with Crippen molar-refractivity contribution < 1.29 is 9.47 Å². The van der Waals surface area contributed by atoms with Gasteiger partial charge in [0, 0.05) is 25.4 Å². The summed E-state index contributed by atoms with van der Waals surface area (Å²) in [6.07, 6.45) is 4.39. The normalized spacial score (nSPS) is 10.5. The molecule has 0 aliphatic heterocycles. The molecular weight excluding hydrogens is 168 g/mol. The smallest absolute Gasteiger partial charge is 0.108 e. The number of imidazole rings is 1. The van der Waals surface area contributed by atoms with E-state index in [1.165, 1.54) is 0 Å². The minimum Gasteiger partial charge on any atom is -0.379 e. The van der Waals surface area contributed by atoms with Crippen LogP contribution >= 0.6 is 0 Å². The van der Waals surface area contributed by atoms with E-state index in [0.29, 0.717) is 19.8 Å². The predicted molar refractivity (Wildman–Crippen MR) is 49.6 cm³/mol. The third-order valence-electron chi connectivity index (χ3n) is 1.61. The van der Waals surface area contributed by atoms with Crippen LogP contribution < -0.4 is 0 Å². The van der Waals surface area contributed by atoms with Crippen LogP contribution in [0.2, 0.25) is 0 Å². The van der Waals surface area contributed by atoms with Gasteiger partial charge in [0.25, 0.3) is 0 Å². The summed E-state index contributed by atoms with van der Waals surface area (Å²) in [6, 6.07) is 0. The van der Waals surface area contributed by atoms with Gasteiger partial charge in [-0.15, -0.1) is 0 Å². The topological polar surface area (TPSA) is 47.1 Å². The Morgan fingerprint density at radius 1 is 1.31 bits per heavy atom. The standard InChI is InChI=1S/C9H16N2O2/c1-2-12-7-8-13-6-3-9-10-4-5-11-9/h4-5H,2-3,6-8H2,1H3,(H,10,11). The predicted octanol–water partition coefficient (Wildman–Crippen LogP) is 1.01. The molecule has 0 bridgehead atoms. The Morgan fingerprint density at radius 3 is 2.85 bits per heavy atom. The molecule has 0 atom stereocenters. The van der Waals surface area contributed by atoms with Crippen LogP contribution in [-0.2, 0) is 15.9 Å². The Kier molecular flexibility index (Phi) is 5.20. The van der Waals surface area contributed by atoms with Crippen molar-refractivity contribution in [1.82, 2.24) is 9.97 Å². The highest BCUT2D eigenvalue weighted by Gasteiger charge is 1.93. The van der Waals surface area contributed by atoms with Crippen molar-refractivity contribution in [3.8, 4) is 0 Å². The first-order chi connectivity index (χ1) is 6.43. The molecule has 1 aromatic rings. The zero-order valence-electron chi connectivity index (χ0n) is 7.95. The van der Waals surface area contributed by atoms with Crippen molar-refractivity contribution in [3.05, 3.63) is 18.2 Å². The summed E-state index contributed by atoms with van der Waals surface area (Å²) in [5, 5.41) is 0. The maximum absolute atomic E-state index is 5.32. The number of hydrogen-bond donors (Lipinski definition) is 1. The quantitative estimate of drug-likeness (QED) is 0.643. The first-order valence-corrected chi connectivity index (χ1v) is 4.57. The van der Waals surface area contributed by atoms with E-state index in [1.54, 1.807) is 6.20 Å². The Labute approximate surface area is 78.3 Å². The van der Waals surface area contributed by atoms with E-state index in [2.05, 4.69) is 9.97 Å². The molecule has 0 fully saturated rings. The van der Waals surface area contributed by atoms with Gasteiger partial charge in [0.05, 0.1) is 19.8 Å². The molecule has 1 N–H and O–H groups in total. The first-order valence-electron chi connectivity index (χ1n) is 4.57. The Bertz CT molecular complexity index is 199. The molecule has 74 valence electrons. The number of nitrogens with one attached hydrogen (secondary N) is 1. The summed E-state index contributed by atoms with van der Waals surface area (Å²) in [7, 11) is 0. The second kappa shape index (κ2) is 6.62. The van der Waals surface area contributed by atoms with Crippen LogP contribution in [0.15, 0.2) is 12.4 Å². The van der Waals surface area contributed by atoms with Crippen LogP contribution in [-0.4, -0.2) is 36.4 Å². The second-order valence-corrected chi connectivity index (χ2v) is 2.60. The number of H-pyrrole nitrogens is 1. The zero-order chi connectivity index (χ0) is 9.36. The maximum atomic E-state index is 5.32. The van der Waals surface area contributed by atoms with Crippen molar-refractivity contribution in [1.29, 1.82) is 0 Å². The maximum Gasteiger partial charge on any atom is 0.108 e. The van der Waals surface area contributed by atoms with Crippen molar-refractivity contribution in [2.24, 2.45) is 0 Å². The Morgan fingerprint density at radius 2 is 2.15 bits per heavy atom. The van der Waals surface area contributed by atoms with Gasteiger partial charge in [-0.3, -0.25) is 0 Å². The summed E-state index contributed by atoms with van der Waals surface area (Å²) in [6.45, 7) is 4.76. The number of aromatic amines is 1. The molecule has 0 aliphatic rings. The molecular formula is C9H16N2O2. The molecule has 0 aliphatic carbocycles. The average Bonchev–Trinajstić information content (AvgIpc) is 2.63. The lowest BCUT2D eigenvalue weighted by Crippen LogP contribution is -2.06. The molecule has 4 heteroatoms. The van der Waals surface area contributed by atoms with Gasteiger partial charge in [-0.25, -0.2) is 4.98 Å². The lowest BCUT2D eigenvalue weighted by atomic mass is 10.4. The van der Waals surface area contributed by atoms with Gasteiger partial charge in [-0.2, -0.15) is 0 Å². The van der Waals surface area contributed by atoms with Gasteiger partial charge in [-0.05, 0) is 6.92 Å². The fourth-order valence-electron chi connectivity index (χ4n) is 0.968. The molecule has 0 aromatic carbocycles. The molecule has 0 saturated carbocycles. The van der Waals surface area contributed by atoms with Crippen LogP contribution in [0.1, 0.15) is 12.7 Å². The summed E-state index contributed by atoms with van der Waals surface area (Å²) in [5.41, 5.74) is 0.